The molecular formula is C10H18N2O3. The highest BCUT2D eigenvalue weighted by atomic mass is 16.4. The highest BCUT2D eigenvalue weighted by Crippen LogP contribution is 2.08. The molecule has 1 N–H and O–H groups in total. The van der Waals surface area contributed by atoms with Crippen molar-refractivity contribution in [3.63, 3.8) is 0 Å². The van der Waals surface area contributed by atoms with E-state index in [1.807, 2.05) is 0 Å². The summed E-state index contributed by atoms with van der Waals surface area (Å²) in [5.41, 5.74) is 0. The van der Waals surface area contributed by atoms with Crippen molar-refractivity contribution >= 4 is 11.9 Å². The molecule has 0 radical (unpaired) electrons. The first-order valence-corrected chi connectivity index (χ1v) is 5.32. The molecule has 1 aliphatic rings. The van der Waals surface area contributed by atoms with Crippen molar-refractivity contribution in [2.45, 2.75) is 26.3 Å². The Morgan fingerprint density at radius 1 is 1.27 bits per heavy atom. The summed E-state index contributed by atoms with van der Waals surface area (Å²) >= 11 is 0. The molecule has 5 heteroatoms. The Bertz CT molecular complexity index is 247. The van der Waals surface area contributed by atoms with E-state index < -0.39 is 11.9 Å². The first kappa shape index (κ1) is 12.0. The van der Waals surface area contributed by atoms with Crippen LogP contribution in [0.15, 0.2) is 0 Å². The normalized spacial score (nSPS) is 20.0. The monoisotopic (exact) mass is 214 g/mol. The lowest BCUT2D eigenvalue weighted by Gasteiger charge is -2.37. The minimum atomic E-state index is -1.35. The first-order chi connectivity index (χ1) is 7.06. The highest BCUT2D eigenvalue weighted by Gasteiger charge is 2.26. The predicted molar refractivity (Wildman–Crippen MR) is 55.5 cm³/mol. The third-order valence-corrected chi connectivity index (χ3v) is 3.00. The zero-order valence-electron chi connectivity index (χ0n) is 9.27. The van der Waals surface area contributed by atoms with Crippen LogP contribution in [0.1, 0.15) is 20.3 Å². The van der Waals surface area contributed by atoms with E-state index in [1.165, 1.54) is 4.90 Å². The summed E-state index contributed by atoms with van der Waals surface area (Å²) in [7, 11) is 0. The Labute approximate surface area is 89.7 Å². The molecule has 1 aliphatic heterocycles. The third kappa shape index (κ3) is 2.92. The van der Waals surface area contributed by atoms with Gasteiger partial charge in [-0.25, -0.2) is 4.79 Å². The van der Waals surface area contributed by atoms with Crippen molar-refractivity contribution in [2.75, 3.05) is 26.2 Å². The van der Waals surface area contributed by atoms with Crippen LogP contribution >= 0.6 is 0 Å². The summed E-state index contributed by atoms with van der Waals surface area (Å²) in [5.74, 6) is -2.13. The molecule has 1 fully saturated rings. The van der Waals surface area contributed by atoms with Gasteiger partial charge in [0.1, 0.15) is 0 Å². The van der Waals surface area contributed by atoms with Crippen molar-refractivity contribution in [2.24, 2.45) is 0 Å². The molecule has 0 aliphatic carbocycles. The van der Waals surface area contributed by atoms with Crippen molar-refractivity contribution in [3.05, 3.63) is 0 Å². The summed E-state index contributed by atoms with van der Waals surface area (Å²) in [5, 5.41) is 8.55. The molecule has 0 aromatic carbocycles. The van der Waals surface area contributed by atoms with E-state index in [0.717, 1.165) is 19.5 Å². The van der Waals surface area contributed by atoms with Gasteiger partial charge in [0.05, 0.1) is 0 Å². The van der Waals surface area contributed by atoms with Crippen LogP contribution in [0.25, 0.3) is 0 Å². The maximum atomic E-state index is 11.2. The number of carbonyl (C=O) groups is 2. The summed E-state index contributed by atoms with van der Waals surface area (Å²) < 4.78 is 0. The molecule has 1 atom stereocenters. The van der Waals surface area contributed by atoms with Gasteiger partial charge < -0.3 is 10.0 Å². The zero-order valence-corrected chi connectivity index (χ0v) is 9.27. The molecule has 1 unspecified atom stereocenters. The molecule has 15 heavy (non-hydrogen) atoms. The summed E-state index contributed by atoms with van der Waals surface area (Å²) in [6, 6.07) is 0.507. The van der Waals surface area contributed by atoms with E-state index in [-0.39, 0.29) is 0 Å². The van der Waals surface area contributed by atoms with Crippen LogP contribution in [0, 0.1) is 0 Å². The molecular weight excluding hydrogens is 196 g/mol. The average Bonchev–Trinajstić information content (AvgIpc) is 2.27. The Morgan fingerprint density at radius 3 is 2.20 bits per heavy atom. The van der Waals surface area contributed by atoms with Gasteiger partial charge in [0.15, 0.2) is 0 Å². The van der Waals surface area contributed by atoms with Crippen molar-refractivity contribution < 1.29 is 14.7 Å². The van der Waals surface area contributed by atoms with Gasteiger partial charge in [0, 0.05) is 32.2 Å². The maximum absolute atomic E-state index is 11.2. The smallest absolute Gasteiger partial charge is 0.394 e. The van der Waals surface area contributed by atoms with Gasteiger partial charge in [-0.15, -0.1) is 0 Å². The van der Waals surface area contributed by atoms with Crippen LogP contribution in [0.4, 0.5) is 0 Å². The maximum Gasteiger partial charge on any atom is 0.394 e. The second-order valence-electron chi connectivity index (χ2n) is 3.89. The minimum absolute atomic E-state index is 0.507. The number of carboxylic acids is 1. The number of hydrogen-bond acceptors (Lipinski definition) is 3. The molecule has 1 heterocycles. The number of carbonyl (C=O) groups excluding carboxylic acids is 1. The van der Waals surface area contributed by atoms with Crippen LogP contribution < -0.4 is 0 Å². The van der Waals surface area contributed by atoms with Gasteiger partial charge in [-0.3, -0.25) is 9.69 Å². The number of aliphatic carboxylic acids is 1. The molecule has 86 valence electrons. The van der Waals surface area contributed by atoms with Crippen molar-refractivity contribution in [1.82, 2.24) is 9.80 Å². The predicted octanol–water partition coefficient (Wildman–Crippen LogP) is 0.0137. The largest absolute Gasteiger partial charge is 0.474 e. The summed E-state index contributed by atoms with van der Waals surface area (Å²) in [4.78, 5) is 25.3. The van der Waals surface area contributed by atoms with Gasteiger partial charge in [0.25, 0.3) is 0 Å². The number of rotatable bonds is 2. The van der Waals surface area contributed by atoms with Crippen LogP contribution in [0.2, 0.25) is 0 Å². The van der Waals surface area contributed by atoms with E-state index in [4.69, 9.17) is 5.11 Å². The molecule has 0 spiro atoms. The number of piperazine rings is 1. The number of amides is 1. The van der Waals surface area contributed by atoms with Crippen LogP contribution in [0.5, 0.6) is 0 Å². The Balaban J connectivity index is 2.42. The van der Waals surface area contributed by atoms with E-state index in [1.54, 1.807) is 0 Å². The fraction of sp³-hybridized carbons (Fsp3) is 0.800. The summed E-state index contributed by atoms with van der Waals surface area (Å²) in [6.45, 7) is 6.86. The van der Waals surface area contributed by atoms with Crippen LogP contribution in [0.3, 0.4) is 0 Å². The second kappa shape index (κ2) is 5.11. The Morgan fingerprint density at radius 2 is 1.80 bits per heavy atom. The molecule has 1 rings (SSSR count). The number of hydrogen-bond donors (Lipinski definition) is 1. The van der Waals surface area contributed by atoms with E-state index in [0.29, 0.717) is 19.1 Å². The molecule has 0 aromatic heterocycles. The molecule has 1 amide bonds. The molecule has 1 saturated heterocycles. The van der Waals surface area contributed by atoms with Crippen molar-refractivity contribution in [3.8, 4) is 0 Å². The summed E-state index contributed by atoms with van der Waals surface area (Å²) in [6.07, 6.45) is 1.08. The molecule has 0 saturated carbocycles. The van der Waals surface area contributed by atoms with Gasteiger partial charge in [-0.2, -0.15) is 0 Å². The molecule has 0 bridgehead atoms. The molecule has 5 nitrogen and oxygen atoms in total. The zero-order chi connectivity index (χ0) is 11.4. The van der Waals surface area contributed by atoms with E-state index in [2.05, 4.69) is 18.7 Å². The fourth-order valence-corrected chi connectivity index (χ4v) is 1.76. The van der Waals surface area contributed by atoms with Gasteiger partial charge in [0.2, 0.25) is 0 Å². The van der Waals surface area contributed by atoms with Crippen LogP contribution in [-0.2, 0) is 9.59 Å². The standard InChI is InChI=1S/C10H18N2O3/c1-3-8(2)11-4-6-12(7-5-11)9(13)10(14)15/h8H,3-7H2,1-2H3,(H,14,15). The van der Waals surface area contributed by atoms with Gasteiger partial charge in [-0.05, 0) is 13.3 Å². The van der Waals surface area contributed by atoms with E-state index in [9.17, 15) is 9.59 Å². The topological polar surface area (TPSA) is 60.9 Å². The highest BCUT2D eigenvalue weighted by molar-refractivity contribution is 6.31. The Hall–Kier alpha value is -1.10. The molecule has 0 aromatic rings. The number of carboxylic acid groups (broad SMARTS) is 1. The number of nitrogens with zero attached hydrogens (tertiary/aromatic N) is 2. The minimum Gasteiger partial charge on any atom is -0.474 e. The second-order valence-corrected chi connectivity index (χ2v) is 3.89. The Kier molecular flexibility index (Phi) is 4.08. The van der Waals surface area contributed by atoms with E-state index >= 15 is 0 Å². The average molecular weight is 214 g/mol. The lowest BCUT2D eigenvalue weighted by atomic mass is 10.2. The van der Waals surface area contributed by atoms with Gasteiger partial charge in [-0.1, -0.05) is 6.92 Å². The van der Waals surface area contributed by atoms with Gasteiger partial charge >= 0.3 is 11.9 Å². The lowest BCUT2D eigenvalue weighted by molar-refractivity contribution is -0.156. The SMILES string of the molecule is CCC(C)N1CCN(C(=O)C(=O)O)CC1. The lowest BCUT2D eigenvalue weighted by Crippen LogP contribution is -2.52. The fourth-order valence-electron chi connectivity index (χ4n) is 1.76. The quantitative estimate of drug-likeness (QED) is 0.658. The van der Waals surface area contributed by atoms with Crippen LogP contribution in [-0.4, -0.2) is 59.0 Å². The van der Waals surface area contributed by atoms with Crippen molar-refractivity contribution in [1.29, 1.82) is 0 Å². The third-order valence-electron chi connectivity index (χ3n) is 3.00. The first-order valence-electron chi connectivity index (χ1n) is 5.32.